The maximum Gasteiger partial charge on any atom is 0.243 e. The van der Waals surface area contributed by atoms with Crippen molar-refractivity contribution < 1.29 is 4.52 Å². The first-order valence-corrected chi connectivity index (χ1v) is 8.87. The van der Waals surface area contributed by atoms with Gasteiger partial charge in [0.1, 0.15) is 0 Å². The summed E-state index contributed by atoms with van der Waals surface area (Å²) >= 11 is 0. The predicted molar refractivity (Wildman–Crippen MR) is 82.8 cm³/mol. The monoisotopic (exact) mass is 291 g/mol. The summed E-state index contributed by atoms with van der Waals surface area (Å²) < 4.78 is 5.52. The molecule has 0 aliphatic heterocycles. The van der Waals surface area contributed by atoms with Crippen molar-refractivity contribution in [2.75, 3.05) is 0 Å². The Balaban J connectivity index is 1.65. The molecule has 1 heterocycles. The molecule has 0 saturated heterocycles. The first-order valence-electron chi connectivity index (χ1n) is 8.87. The van der Waals surface area contributed by atoms with Crippen LogP contribution in [-0.2, 0) is 0 Å². The highest BCUT2D eigenvalue weighted by Gasteiger charge is 2.29. The number of rotatable bonds is 4. The fraction of sp³-hybridized carbons (Fsp3) is 0.882. The molecule has 3 unspecified atom stereocenters. The molecule has 21 heavy (non-hydrogen) atoms. The molecule has 0 radical (unpaired) electrons. The third kappa shape index (κ3) is 3.47. The van der Waals surface area contributed by atoms with Gasteiger partial charge in [-0.15, -0.1) is 0 Å². The summed E-state index contributed by atoms with van der Waals surface area (Å²) in [6, 6.07) is -0.0582. The molecule has 2 aliphatic rings. The lowest BCUT2D eigenvalue weighted by Gasteiger charge is -2.26. The minimum Gasteiger partial charge on any atom is -0.338 e. The third-order valence-electron chi connectivity index (χ3n) is 5.63. The molecule has 2 saturated carbocycles. The third-order valence-corrected chi connectivity index (χ3v) is 5.63. The van der Waals surface area contributed by atoms with Crippen LogP contribution in [0.1, 0.15) is 94.8 Å². The Bertz CT molecular complexity index is 422. The molecule has 0 amide bonds. The normalized spacial score (nSPS) is 29.4. The minimum absolute atomic E-state index is 0.0582. The Kier molecular flexibility index (Phi) is 4.94. The van der Waals surface area contributed by atoms with Gasteiger partial charge in [0.15, 0.2) is 5.82 Å². The van der Waals surface area contributed by atoms with Crippen molar-refractivity contribution in [2.45, 2.75) is 83.1 Å². The van der Waals surface area contributed by atoms with E-state index in [0.717, 1.165) is 11.7 Å². The van der Waals surface area contributed by atoms with Crippen molar-refractivity contribution in [3.8, 4) is 0 Å². The molecular weight excluding hydrogens is 262 g/mol. The lowest BCUT2D eigenvalue weighted by Crippen LogP contribution is -2.24. The van der Waals surface area contributed by atoms with Gasteiger partial charge in [0.2, 0.25) is 5.89 Å². The van der Waals surface area contributed by atoms with Gasteiger partial charge in [-0.05, 0) is 37.5 Å². The zero-order valence-electron chi connectivity index (χ0n) is 13.3. The Labute approximate surface area is 127 Å². The van der Waals surface area contributed by atoms with Crippen LogP contribution in [-0.4, -0.2) is 10.1 Å². The van der Waals surface area contributed by atoms with E-state index in [-0.39, 0.29) is 6.04 Å². The number of nitrogens with two attached hydrogens (primary N) is 1. The molecule has 2 aliphatic carbocycles. The van der Waals surface area contributed by atoms with Crippen LogP contribution in [0.25, 0.3) is 0 Å². The Morgan fingerprint density at radius 2 is 1.95 bits per heavy atom. The summed E-state index contributed by atoms with van der Waals surface area (Å²) in [7, 11) is 0. The summed E-state index contributed by atoms with van der Waals surface area (Å²) in [6.07, 6.45) is 12.7. The van der Waals surface area contributed by atoms with Crippen molar-refractivity contribution in [2.24, 2.45) is 17.6 Å². The molecule has 2 N–H and O–H groups in total. The fourth-order valence-corrected chi connectivity index (χ4v) is 4.14. The van der Waals surface area contributed by atoms with E-state index in [1.165, 1.54) is 64.2 Å². The number of aromatic nitrogens is 2. The molecule has 4 nitrogen and oxygen atoms in total. The molecular formula is C17H29N3O. The van der Waals surface area contributed by atoms with Gasteiger partial charge in [0.25, 0.3) is 0 Å². The maximum atomic E-state index is 6.37. The average molecular weight is 291 g/mol. The van der Waals surface area contributed by atoms with Crippen molar-refractivity contribution in [1.82, 2.24) is 10.1 Å². The van der Waals surface area contributed by atoms with Crippen molar-refractivity contribution >= 4 is 0 Å². The highest BCUT2D eigenvalue weighted by Crippen LogP contribution is 2.37. The number of nitrogens with zero attached hydrogens (tertiary/aromatic N) is 2. The summed E-state index contributed by atoms with van der Waals surface area (Å²) in [4.78, 5) is 4.68. The first-order chi connectivity index (χ1) is 10.3. The molecule has 0 spiro atoms. The van der Waals surface area contributed by atoms with E-state index in [0.29, 0.717) is 17.7 Å². The van der Waals surface area contributed by atoms with Crippen LogP contribution in [0.15, 0.2) is 4.52 Å². The first kappa shape index (κ1) is 15.0. The molecule has 0 bridgehead atoms. The predicted octanol–water partition coefficient (Wildman–Crippen LogP) is 4.33. The van der Waals surface area contributed by atoms with Gasteiger partial charge in [-0.3, -0.25) is 0 Å². The minimum atomic E-state index is -0.0582. The molecule has 3 rings (SSSR count). The largest absolute Gasteiger partial charge is 0.338 e. The van der Waals surface area contributed by atoms with E-state index in [1.54, 1.807) is 0 Å². The second kappa shape index (κ2) is 6.91. The van der Waals surface area contributed by atoms with E-state index in [4.69, 9.17) is 10.3 Å². The maximum absolute atomic E-state index is 6.37. The highest BCUT2D eigenvalue weighted by molar-refractivity contribution is 5.01. The Morgan fingerprint density at radius 3 is 2.71 bits per heavy atom. The summed E-state index contributed by atoms with van der Waals surface area (Å²) in [5, 5.41) is 4.26. The molecule has 3 atom stereocenters. The average Bonchev–Trinajstić information content (AvgIpc) is 3.05. The van der Waals surface area contributed by atoms with Gasteiger partial charge < -0.3 is 10.3 Å². The summed E-state index contributed by atoms with van der Waals surface area (Å²) in [5.74, 6) is 3.43. The number of hydrogen-bond donors (Lipinski definition) is 1. The van der Waals surface area contributed by atoms with Crippen LogP contribution < -0.4 is 5.73 Å². The van der Waals surface area contributed by atoms with E-state index in [9.17, 15) is 0 Å². The molecule has 4 heteroatoms. The van der Waals surface area contributed by atoms with Gasteiger partial charge in [-0.2, -0.15) is 4.98 Å². The quantitative estimate of drug-likeness (QED) is 0.896. The fourth-order valence-electron chi connectivity index (χ4n) is 4.14. The van der Waals surface area contributed by atoms with Crippen molar-refractivity contribution in [1.29, 1.82) is 0 Å². The Morgan fingerprint density at radius 1 is 1.14 bits per heavy atom. The van der Waals surface area contributed by atoms with Gasteiger partial charge in [0.05, 0.1) is 6.04 Å². The zero-order valence-corrected chi connectivity index (χ0v) is 13.3. The molecule has 2 fully saturated rings. The smallest absolute Gasteiger partial charge is 0.243 e. The van der Waals surface area contributed by atoms with E-state index < -0.39 is 0 Å². The standard InChI is InChI=1S/C17H29N3O/c1-2-12-7-6-10-14(11-12)16-19-17(21-20-16)15(18)13-8-4-3-5-9-13/h12-15H,2-11,18H2,1H3. The lowest BCUT2D eigenvalue weighted by molar-refractivity contribution is 0.253. The number of hydrogen-bond acceptors (Lipinski definition) is 4. The van der Waals surface area contributed by atoms with Gasteiger partial charge >= 0.3 is 0 Å². The molecule has 1 aromatic heterocycles. The van der Waals surface area contributed by atoms with E-state index in [1.807, 2.05) is 0 Å². The Hall–Kier alpha value is -0.900. The SMILES string of the molecule is CCC1CCCC(c2noc(C(N)C3CCCCC3)n2)C1. The zero-order chi connectivity index (χ0) is 14.7. The summed E-state index contributed by atoms with van der Waals surface area (Å²) in [5.41, 5.74) is 6.37. The van der Waals surface area contributed by atoms with Gasteiger partial charge in [-0.1, -0.05) is 50.6 Å². The van der Waals surface area contributed by atoms with Crippen molar-refractivity contribution in [3.63, 3.8) is 0 Å². The molecule has 0 aromatic carbocycles. The van der Waals surface area contributed by atoms with E-state index in [2.05, 4.69) is 17.1 Å². The van der Waals surface area contributed by atoms with Crippen LogP contribution in [0, 0.1) is 11.8 Å². The molecule has 118 valence electrons. The second-order valence-electron chi connectivity index (χ2n) is 7.05. The second-order valence-corrected chi connectivity index (χ2v) is 7.05. The molecule has 1 aromatic rings. The van der Waals surface area contributed by atoms with E-state index >= 15 is 0 Å². The van der Waals surface area contributed by atoms with Crippen LogP contribution in [0.5, 0.6) is 0 Å². The van der Waals surface area contributed by atoms with Crippen LogP contribution in [0.3, 0.4) is 0 Å². The van der Waals surface area contributed by atoms with Crippen LogP contribution >= 0.6 is 0 Å². The van der Waals surface area contributed by atoms with Crippen LogP contribution in [0.2, 0.25) is 0 Å². The highest BCUT2D eigenvalue weighted by atomic mass is 16.5. The lowest BCUT2D eigenvalue weighted by atomic mass is 9.80. The summed E-state index contributed by atoms with van der Waals surface area (Å²) in [6.45, 7) is 2.29. The van der Waals surface area contributed by atoms with Gasteiger partial charge in [-0.25, -0.2) is 0 Å². The van der Waals surface area contributed by atoms with Gasteiger partial charge in [0, 0.05) is 5.92 Å². The van der Waals surface area contributed by atoms with Crippen LogP contribution in [0.4, 0.5) is 0 Å². The van der Waals surface area contributed by atoms with Crippen molar-refractivity contribution in [3.05, 3.63) is 11.7 Å². The topological polar surface area (TPSA) is 64.9 Å².